The van der Waals surface area contributed by atoms with Crippen LogP contribution in [0, 0.1) is 5.92 Å². The Balaban J connectivity index is 2.05. The van der Waals surface area contributed by atoms with Crippen LogP contribution in [0.2, 0.25) is 0 Å². The zero-order valence-corrected chi connectivity index (χ0v) is 9.85. The number of methoxy groups -OCH3 is 1. The molecule has 1 aliphatic carbocycles. The first-order chi connectivity index (χ1) is 8.24. The Morgan fingerprint density at radius 3 is 2.82 bits per heavy atom. The number of fused-ring (bicyclic) bond motifs is 1. The minimum absolute atomic E-state index is 0.267. The molecule has 3 nitrogen and oxygen atoms in total. The van der Waals surface area contributed by atoms with Gasteiger partial charge in [0, 0.05) is 12.5 Å². The Bertz CT molecular complexity index is 494. The van der Waals surface area contributed by atoms with E-state index in [0.29, 0.717) is 5.76 Å². The van der Waals surface area contributed by atoms with E-state index in [2.05, 4.69) is 0 Å². The van der Waals surface area contributed by atoms with Gasteiger partial charge in [0.2, 0.25) is 0 Å². The number of ether oxygens (including phenoxy) is 1. The molecular formula is C14H16O3. The zero-order valence-electron chi connectivity index (χ0n) is 9.85. The molecule has 1 saturated carbocycles. The molecular weight excluding hydrogens is 216 g/mol. The van der Waals surface area contributed by atoms with Crippen molar-refractivity contribution in [2.75, 3.05) is 13.7 Å². The van der Waals surface area contributed by atoms with Gasteiger partial charge in [0.25, 0.3) is 0 Å². The van der Waals surface area contributed by atoms with E-state index in [0.717, 1.165) is 23.8 Å². The fourth-order valence-electron chi connectivity index (χ4n) is 2.37. The van der Waals surface area contributed by atoms with Gasteiger partial charge in [-0.1, -0.05) is 18.2 Å². The quantitative estimate of drug-likeness (QED) is 0.881. The first-order valence-electron chi connectivity index (χ1n) is 5.94. The van der Waals surface area contributed by atoms with Gasteiger partial charge in [0.15, 0.2) is 0 Å². The number of furan rings is 1. The van der Waals surface area contributed by atoms with E-state index in [1.54, 1.807) is 7.11 Å². The van der Waals surface area contributed by atoms with Crippen molar-refractivity contribution in [2.45, 2.75) is 18.4 Å². The van der Waals surface area contributed by atoms with Crippen LogP contribution in [0.5, 0.6) is 0 Å². The van der Waals surface area contributed by atoms with Crippen molar-refractivity contribution in [3.05, 3.63) is 36.1 Å². The van der Waals surface area contributed by atoms with E-state index in [4.69, 9.17) is 9.15 Å². The molecule has 3 heteroatoms. The van der Waals surface area contributed by atoms with Gasteiger partial charge in [-0.2, -0.15) is 0 Å². The summed E-state index contributed by atoms with van der Waals surface area (Å²) in [5, 5.41) is 11.7. The Labute approximate surface area is 100.0 Å². The third-order valence-corrected chi connectivity index (χ3v) is 3.47. The topological polar surface area (TPSA) is 42.6 Å². The van der Waals surface area contributed by atoms with Crippen LogP contribution < -0.4 is 0 Å². The van der Waals surface area contributed by atoms with Crippen molar-refractivity contribution in [3.63, 3.8) is 0 Å². The second kappa shape index (κ2) is 3.86. The van der Waals surface area contributed by atoms with Crippen molar-refractivity contribution in [3.8, 4) is 0 Å². The van der Waals surface area contributed by atoms with E-state index in [1.807, 2.05) is 30.3 Å². The fourth-order valence-corrected chi connectivity index (χ4v) is 2.37. The fraction of sp³-hybridized carbons (Fsp3) is 0.429. The number of rotatable bonds is 4. The predicted octanol–water partition coefficient (Wildman–Crippen LogP) is 2.68. The van der Waals surface area contributed by atoms with Crippen molar-refractivity contribution >= 4 is 11.0 Å². The SMILES string of the molecule is COCC(O)(c1cc2ccccc2o1)C1CC1. The van der Waals surface area contributed by atoms with Crippen LogP contribution in [-0.4, -0.2) is 18.8 Å². The van der Waals surface area contributed by atoms with Crippen molar-refractivity contribution in [1.29, 1.82) is 0 Å². The molecule has 2 aromatic rings. The van der Waals surface area contributed by atoms with E-state index in [9.17, 15) is 5.11 Å². The minimum Gasteiger partial charge on any atom is -0.458 e. The third-order valence-electron chi connectivity index (χ3n) is 3.47. The standard InChI is InChI=1S/C14H16O3/c1-16-9-14(15,11-6-7-11)13-8-10-4-2-3-5-12(10)17-13/h2-5,8,11,15H,6-7,9H2,1H3. The van der Waals surface area contributed by atoms with E-state index < -0.39 is 5.60 Å². The average molecular weight is 232 g/mol. The molecule has 0 saturated heterocycles. The van der Waals surface area contributed by atoms with E-state index >= 15 is 0 Å². The number of para-hydroxylation sites is 1. The van der Waals surface area contributed by atoms with Gasteiger partial charge in [0.1, 0.15) is 16.9 Å². The van der Waals surface area contributed by atoms with Crippen molar-refractivity contribution in [1.82, 2.24) is 0 Å². The molecule has 1 aliphatic rings. The number of benzene rings is 1. The third kappa shape index (κ3) is 1.75. The maximum absolute atomic E-state index is 10.7. The molecule has 0 aliphatic heterocycles. The summed E-state index contributed by atoms with van der Waals surface area (Å²) in [6.07, 6.45) is 2.08. The second-order valence-electron chi connectivity index (χ2n) is 4.78. The average Bonchev–Trinajstić information content (AvgIpc) is 3.08. The van der Waals surface area contributed by atoms with Crippen LogP contribution in [0.4, 0.5) is 0 Å². The minimum atomic E-state index is -0.965. The first-order valence-corrected chi connectivity index (χ1v) is 5.94. The van der Waals surface area contributed by atoms with Crippen LogP contribution in [0.15, 0.2) is 34.7 Å². The van der Waals surface area contributed by atoms with Gasteiger partial charge in [-0.15, -0.1) is 0 Å². The molecule has 0 bridgehead atoms. The molecule has 3 rings (SSSR count). The summed E-state index contributed by atoms with van der Waals surface area (Å²) in [7, 11) is 1.61. The summed E-state index contributed by atoms with van der Waals surface area (Å²) in [6, 6.07) is 9.73. The smallest absolute Gasteiger partial charge is 0.148 e. The van der Waals surface area contributed by atoms with Gasteiger partial charge in [0.05, 0.1) is 6.61 Å². The molecule has 0 radical (unpaired) electrons. The highest BCUT2D eigenvalue weighted by Gasteiger charge is 2.47. The molecule has 0 spiro atoms. The molecule has 17 heavy (non-hydrogen) atoms. The molecule has 1 N–H and O–H groups in total. The summed E-state index contributed by atoms with van der Waals surface area (Å²) in [5.74, 6) is 0.895. The summed E-state index contributed by atoms with van der Waals surface area (Å²) >= 11 is 0. The molecule has 1 aromatic heterocycles. The van der Waals surface area contributed by atoms with E-state index in [-0.39, 0.29) is 12.5 Å². The molecule has 0 amide bonds. The lowest BCUT2D eigenvalue weighted by molar-refractivity contribution is -0.0669. The zero-order chi connectivity index (χ0) is 11.9. The maximum Gasteiger partial charge on any atom is 0.148 e. The summed E-state index contributed by atoms with van der Waals surface area (Å²) in [5.41, 5.74) is -0.147. The largest absolute Gasteiger partial charge is 0.458 e. The van der Waals surface area contributed by atoms with Gasteiger partial charge < -0.3 is 14.3 Å². The lowest BCUT2D eigenvalue weighted by Gasteiger charge is -2.24. The Hall–Kier alpha value is -1.32. The highest BCUT2D eigenvalue weighted by molar-refractivity contribution is 5.77. The highest BCUT2D eigenvalue weighted by atomic mass is 16.5. The van der Waals surface area contributed by atoms with E-state index in [1.165, 1.54) is 0 Å². The van der Waals surface area contributed by atoms with Crippen LogP contribution in [0.25, 0.3) is 11.0 Å². The second-order valence-corrected chi connectivity index (χ2v) is 4.78. The summed E-state index contributed by atoms with van der Waals surface area (Å²) in [6.45, 7) is 0.289. The van der Waals surface area contributed by atoms with Crippen LogP contribution >= 0.6 is 0 Å². The number of aliphatic hydroxyl groups is 1. The lowest BCUT2D eigenvalue weighted by Crippen LogP contribution is -2.33. The Morgan fingerprint density at radius 1 is 1.41 bits per heavy atom. The molecule has 1 unspecified atom stereocenters. The maximum atomic E-state index is 10.7. The predicted molar refractivity (Wildman–Crippen MR) is 64.7 cm³/mol. The van der Waals surface area contributed by atoms with Crippen LogP contribution in [0.1, 0.15) is 18.6 Å². The Morgan fingerprint density at radius 2 is 2.18 bits per heavy atom. The molecule has 1 fully saturated rings. The van der Waals surface area contributed by atoms with Crippen LogP contribution in [-0.2, 0) is 10.3 Å². The molecule has 1 heterocycles. The van der Waals surface area contributed by atoms with Gasteiger partial charge in [-0.3, -0.25) is 0 Å². The van der Waals surface area contributed by atoms with Crippen LogP contribution in [0.3, 0.4) is 0 Å². The molecule has 1 atom stereocenters. The van der Waals surface area contributed by atoms with Gasteiger partial charge >= 0.3 is 0 Å². The van der Waals surface area contributed by atoms with Gasteiger partial charge in [-0.25, -0.2) is 0 Å². The molecule has 1 aromatic carbocycles. The number of hydrogen-bond donors (Lipinski definition) is 1. The Kier molecular flexibility index (Phi) is 2.45. The lowest BCUT2D eigenvalue weighted by atomic mass is 9.95. The van der Waals surface area contributed by atoms with Gasteiger partial charge in [-0.05, 0) is 30.9 Å². The molecule has 90 valence electrons. The van der Waals surface area contributed by atoms with Crippen molar-refractivity contribution < 1.29 is 14.3 Å². The first kappa shape index (κ1) is 10.8. The highest BCUT2D eigenvalue weighted by Crippen LogP contribution is 2.47. The number of hydrogen-bond acceptors (Lipinski definition) is 3. The summed E-state index contributed by atoms with van der Waals surface area (Å²) in [4.78, 5) is 0. The summed E-state index contributed by atoms with van der Waals surface area (Å²) < 4.78 is 10.9. The van der Waals surface area contributed by atoms with Crippen molar-refractivity contribution in [2.24, 2.45) is 5.92 Å². The monoisotopic (exact) mass is 232 g/mol. The normalized spacial score (nSPS) is 19.4.